The third-order valence-electron chi connectivity index (χ3n) is 5.39. The Labute approximate surface area is 186 Å². The molecule has 1 aliphatic heterocycles. The van der Waals surface area contributed by atoms with E-state index in [2.05, 4.69) is 20.8 Å². The Morgan fingerprint density at radius 3 is 2.76 bits per heavy atom. The maximum absolute atomic E-state index is 13.7. The summed E-state index contributed by atoms with van der Waals surface area (Å²) < 4.78 is 49.0. The molecule has 33 heavy (non-hydrogen) atoms. The molecule has 0 spiro atoms. The smallest absolute Gasteiger partial charge is 0.410 e. The van der Waals surface area contributed by atoms with E-state index in [0.29, 0.717) is 18.0 Å². The third kappa shape index (κ3) is 4.34. The van der Waals surface area contributed by atoms with E-state index in [4.69, 9.17) is 4.42 Å². The van der Waals surface area contributed by atoms with Gasteiger partial charge >= 0.3 is 6.18 Å². The second kappa shape index (κ2) is 8.15. The lowest BCUT2D eigenvalue weighted by atomic mass is 10.0. The number of fused-ring (bicyclic) bond motifs is 1. The minimum absolute atomic E-state index is 0.0925. The molecular weight excluding hydrogens is 437 g/mol. The van der Waals surface area contributed by atoms with Gasteiger partial charge in [-0.05, 0) is 17.7 Å². The van der Waals surface area contributed by atoms with Gasteiger partial charge in [-0.1, -0.05) is 30.3 Å². The van der Waals surface area contributed by atoms with Crippen molar-refractivity contribution in [3.8, 4) is 0 Å². The summed E-state index contributed by atoms with van der Waals surface area (Å²) in [7, 11) is 0. The molecule has 0 bridgehead atoms. The molecule has 4 heterocycles. The van der Waals surface area contributed by atoms with Gasteiger partial charge in [0.15, 0.2) is 11.7 Å². The van der Waals surface area contributed by atoms with Crippen LogP contribution in [0.5, 0.6) is 0 Å². The van der Waals surface area contributed by atoms with Crippen LogP contribution in [0.25, 0.3) is 0 Å². The van der Waals surface area contributed by atoms with Crippen molar-refractivity contribution < 1.29 is 22.4 Å². The Kier molecular flexibility index (Phi) is 5.15. The first-order chi connectivity index (χ1) is 15.9. The van der Waals surface area contributed by atoms with Crippen LogP contribution in [0.3, 0.4) is 0 Å². The van der Waals surface area contributed by atoms with Crippen LogP contribution in [0.15, 0.2) is 71.6 Å². The molecule has 2 N–H and O–H groups in total. The standard InChI is InChI=1S/C22H19F3N6O2/c23-22(24,25)19-9-16(18-7-4-8-33-18)28-20-10-17(29-31(19)20)21(32)27-15-11-26-30(13-15)12-14-5-2-1-3-6-14/h1-8,10-11,13,16,19,28H,9,12H2,(H,27,32)/t16-,19-/m0/s1. The molecule has 0 saturated heterocycles. The first-order valence-corrected chi connectivity index (χ1v) is 10.2. The Balaban J connectivity index is 1.34. The summed E-state index contributed by atoms with van der Waals surface area (Å²) in [5.74, 6) is -0.156. The van der Waals surface area contributed by atoms with Crippen LogP contribution in [0.1, 0.15) is 40.3 Å². The van der Waals surface area contributed by atoms with E-state index >= 15 is 0 Å². The molecule has 4 aromatic rings. The highest BCUT2D eigenvalue weighted by atomic mass is 19.4. The Hall–Kier alpha value is -4.02. The Bertz CT molecular complexity index is 1250. The quantitative estimate of drug-likeness (QED) is 0.457. The molecular formula is C22H19F3N6O2. The predicted molar refractivity (Wildman–Crippen MR) is 113 cm³/mol. The number of rotatable bonds is 5. The number of nitrogens with one attached hydrogen (secondary N) is 2. The normalized spacial score (nSPS) is 17.9. The summed E-state index contributed by atoms with van der Waals surface area (Å²) in [5.41, 5.74) is 1.31. The molecule has 11 heteroatoms. The Morgan fingerprint density at radius 2 is 2.03 bits per heavy atom. The van der Waals surface area contributed by atoms with E-state index in [1.807, 2.05) is 30.3 Å². The van der Waals surface area contributed by atoms with Gasteiger partial charge in [0.25, 0.3) is 5.91 Å². The fourth-order valence-electron chi connectivity index (χ4n) is 3.84. The first kappa shape index (κ1) is 20.9. The largest absolute Gasteiger partial charge is 0.467 e. The minimum Gasteiger partial charge on any atom is -0.467 e. The zero-order valence-electron chi connectivity index (χ0n) is 17.2. The van der Waals surface area contributed by atoms with Gasteiger partial charge < -0.3 is 15.1 Å². The van der Waals surface area contributed by atoms with Gasteiger partial charge in [-0.3, -0.25) is 9.48 Å². The molecule has 0 aliphatic carbocycles. The summed E-state index contributed by atoms with van der Waals surface area (Å²) in [6.45, 7) is 0.515. The number of hydrogen-bond donors (Lipinski definition) is 2. The zero-order valence-corrected chi connectivity index (χ0v) is 17.2. The van der Waals surface area contributed by atoms with Crippen molar-refractivity contribution >= 4 is 17.4 Å². The van der Waals surface area contributed by atoms with Crippen molar-refractivity contribution in [1.82, 2.24) is 19.6 Å². The van der Waals surface area contributed by atoms with Crippen LogP contribution in [-0.2, 0) is 6.54 Å². The first-order valence-electron chi connectivity index (χ1n) is 10.2. The highest BCUT2D eigenvalue weighted by Gasteiger charge is 2.47. The number of carbonyl (C=O) groups excluding carboxylic acids is 1. The van der Waals surface area contributed by atoms with Gasteiger partial charge in [0, 0.05) is 18.7 Å². The van der Waals surface area contributed by atoms with Crippen LogP contribution in [0, 0.1) is 0 Å². The number of alkyl halides is 3. The lowest BCUT2D eigenvalue weighted by Crippen LogP contribution is -2.35. The average Bonchev–Trinajstić information content (AvgIpc) is 3.54. The van der Waals surface area contributed by atoms with E-state index in [1.165, 1.54) is 18.5 Å². The van der Waals surface area contributed by atoms with E-state index in [9.17, 15) is 18.0 Å². The molecule has 0 radical (unpaired) electrons. The van der Waals surface area contributed by atoms with Gasteiger partial charge in [0.05, 0.1) is 30.7 Å². The van der Waals surface area contributed by atoms with E-state index in [1.54, 1.807) is 23.0 Å². The van der Waals surface area contributed by atoms with E-state index in [0.717, 1.165) is 10.2 Å². The molecule has 0 unspecified atom stereocenters. The second-order valence-corrected chi connectivity index (χ2v) is 7.73. The van der Waals surface area contributed by atoms with E-state index < -0.39 is 24.2 Å². The SMILES string of the molecule is O=C(Nc1cnn(Cc2ccccc2)c1)c1cc2n(n1)[C@H](C(F)(F)F)C[C@@H](c1ccco1)N2. The van der Waals surface area contributed by atoms with Crippen LogP contribution < -0.4 is 10.6 Å². The van der Waals surface area contributed by atoms with Crippen molar-refractivity contribution in [3.05, 3.63) is 84.2 Å². The van der Waals surface area contributed by atoms with Gasteiger partial charge in [0.2, 0.25) is 0 Å². The van der Waals surface area contributed by atoms with Crippen LogP contribution in [0.2, 0.25) is 0 Å². The number of carbonyl (C=O) groups is 1. The molecule has 1 amide bonds. The van der Waals surface area contributed by atoms with Crippen LogP contribution >= 0.6 is 0 Å². The van der Waals surface area contributed by atoms with Crippen molar-refractivity contribution in [2.45, 2.75) is 31.2 Å². The topological polar surface area (TPSA) is 89.9 Å². The Morgan fingerprint density at radius 1 is 1.21 bits per heavy atom. The van der Waals surface area contributed by atoms with Crippen LogP contribution in [-0.4, -0.2) is 31.6 Å². The van der Waals surface area contributed by atoms with Crippen molar-refractivity contribution in [2.75, 3.05) is 10.6 Å². The van der Waals surface area contributed by atoms with Crippen molar-refractivity contribution in [1.29, 1.82) is 0 Å². The number of benzene rings is 1. The van der Waals surface area contributed by atoms with Gasteiger partial charge in [0.1, 0.15) is 11.6 Å². The molecule has 8 nitrogen and oxygen atoms in total. The van der Waals surface area contributed by atoms with Gasteiger partial charge in [-0.15, -0.1) is 0 Å². The number of aromatic nitrogens is 4. The lowest BCUT2D eigenvalue weighted by Gasteiger charge is -2.32. The summed E-state index contributed by atoms with van der Waals surface area (Å²) in [5, 5.41) is 13.8. The maximum atomic E-state index is 13.7. The minimum atomic E-state index is -4.54. The van der Waals surface area contributed by atoms with Gasteiger partial charge in [-0.25, -0.2) is 4.68 Å². The molecule has 1 aromatic carbocycles. The number of anilines is 2. The summed E-state index contributed by atoms with van der Waals surface area (Å²) in [6, 6.07) is 11.6. The number of furan rings is 1. The van der Waals surface area contributed by atoms with Crippen molar-refractivity contribution in [3.63, 3.8) is 0 Å². The molecule has 2 atom stereocenters. The third-order valence-corrected chi connectivity index (χ3v) is 5.39. The van der Waals surface area contributed by atoms with E-state index in [-0.39, 0.29) is 17.9 Å². The average molecular weight is 456 g/mol. The summed E-state index contributed by atoms with van der Waals surface area (Å²) in [6.07, 6.45) is -0.327. The summed E-state index contributed by atoms with van der Waals surface area (Å²) >= 11 is 0. The zero-order chi connectivity index (χ0) is 23.0. The monoisotopic (exact) mass is 456 g/mol. The molecule has 170 valence electrons. The fraction of sp³-hybridized carbons (Fsp3) is 0.227. The highest BCUT2D eigenvalue weighted by Crippen LogP contribution is 2.43. The number of amides is 1. The molecule has 0 fully saturated rings. The highest BCUT2D eigenvalue weighted by molar-refractivity contribution is 6.03. The van der Waals surface area contributed by atoms with Crippen molar-refractivity contribution in [2.24, 2.45) is 0 Å². The predicted octanol–water partition coefficient (Wildman–Crippen LogP) is 4.63. The molecule has 0 saturated carbocycles. The second-order valence-electron chi connectivity index (χ2n) is 7.73. The molecule has 1 aliphatic rings. The summed E-state index contributed by atoms with van der Waals surface area (Å²) in [4.78, 5) is 12.7. The number of hydrogen-bond acceptors (Lipinski definition) is 5. The lowest BCUT2D eigenvalue weighted by molar-refractivity contribution is -0.174. The van der Waals surface area contributed by atoms with Gasteiger partial charge in [-0.2, -0.15) is 23.4 Å². The number of halogens is 3. The molecule has 3 aromatic heterocycles. The van der Waals surface area contributed by atoms with Crippen LogP contribution in [0.4, 0.5) is 24.7 Å². The fourth-order valence-corrected chi connectivity index (χ4v) is 3.84. The maximum Gasteiger partial charge on any atom is 0.410 e. The number of nitrogens with zero attached hydrogens (tertiary/aromatic N) is 4. The molecule has 5 rings (SSSR count).